The average Bonchev–Trinajstić information content (AvgIpc) is 2.80. The molecule has 0 fully saturated rings. The molecule has 3 aromatic rings. The number of rotatable bonds is 7. The number of benzene rings is 3. The van der Waals surface area contributed by atoms with Crippen molar-refractivity contribution in [3.05, 3.63) is 89.5 Å². The molecule has 4 heteroatoms. The molecule has 32 heavy (non-hydrogen) atoms. The van der Waals surface area contributed by atoms with Gasteiger partial charge in [0.2, 0.25) is 0 Å². The molecule has 166 valence electrons. The second kappa shape index (κ2) is 8.99. The van der Waals surface area contributed by atoms with Crippen LogP contribution >= 0.6 is 0 Å². The summed E-state index contributed by atoms with van der Waals surface area (Å²) in [6, 6.07) is 22.5. The molecule has 1 aliphatic heterocycles. The number of methoxy groups -OCH3 is 2. The van der Waals surface area contributed by atoms with E-state index in [-0.39, 0.29) is 5.54 Å². The Morgan fingerprint density at radius 2 is 1.44 bits per heavy atom. The van der Waals surface area contributed by atoms with Crippen molar-refractivity contribution in [2.24, 2.45) is 0 Å². The Labute approximate surface area is 191 Å². The number of hydrogen-bond acceptors (Lipinski definition) is 4. The van der Waals surface area contributed by atoms with E-state index in [1.807, 2.05) is 36.4 Å². The van der Waals surface area contributed by atoms with Gasteiger partial charge >= 0.3 is 0 Å². The van der Waals surface area contributed by atoms with Gasteiger partial charge < -0.3 is 19.1 Å². The normalized spacial score (nSPS) is 14.4. The molecular weight excluding hydrogens is 398 g/mol. The smallest absolute Gasteiger partial charge is 0.125 e. The van der Waals surface area contributed by atoms with Crippen molar-refractivity contribution in [1.82, 2.24) is 0 Å². The van der Waals surface area contributed by atoms with Crippen LogP contribution in [0.3, 0.4) is 0 Å². The van der Waals surface area contributed by atoms with E-state index in [2.05, 4.69) is 62.1 Å². The molecular formula is C28H31NO3. The van der Waals surface area contributed by atoms with Crippen LogP contribution in [0.5, 0.6) is 17.2 Å². The van der Waals surface area contributed by atoms with E-state index in [1.54, 1.807) is 14.2 Å². The van der Waals surface area contributed by atoms with Crippen molar-refractivity contribution >= 4 is 11.3 Å². The topological polar surface area (TPSA) is 30.9 Å². The van der Waals surface area contributed by atoms with Gasteiger partial charge in [-0.1, -0.05) is 42.5 Å². The van der Waals surface area contributed by atoms with Gasteiger partial charge in [0.15, 0.2) is 0 Å². The fraction of sp³-hybridized carbons (Fsp3) is 0.286. The van der Waals surface area contributed by atoms with Crippen LogP contribution in [0.2, 0.25) is 0 Å². The van der Waals surface area contributed by atoms with E-state index < -0.39 is 0 Å². The molecule has 0 aliphatic carbocycles. The van der Waals surface area contributed by atoms with Crippen molar-refractivity contribution in [1.29, 1.82) is 0 Å². The van der Waals surface area contributed by atoms with Crippen LogP contribution in [0, 0.1) is 0 Å². The van der Waals surface area contributed by atoms with E-state index in [0.717, 1.165) is 29.4 Å². The number of allylic oxidation sites excluding steroid dienone is 1. The lowest BCUT2D eigenvalue weighted by molar-refractivity contribution is 0.296. The molecule has 4 nitrogen and oxygen atoms in total. The van der Waals surface area contributed by atoms with Gasteiger partial charge in [0.05, 0.1) is 19.8 Å². The lowest BCUT2D eigenvalue weighted by atomic mass is 9.88. The van der Waals surface area contributed by atoms with Crippen molar-refractivity contribution < 1.29 is 14.2 Å². The predicted molar refractivity (Wildman–Crippen MR) is 131 cm³/mol. The summed E-state index contributed by atoms with van der Waals surface area (Å²) < 4.78 is 17.2. The Morgan fingerprint density at radius 3 is 2.12 bits per heavy atom. The Bertz CT molecular complexity index is 1130. The molecule has 0 atom stereocenters. The largest absolute Gasteiger partial charge is 0.496 e. The van der Waals surface area contributed by atoms with E-state index in [0.29, 0.717) is 6.61 Å². The minimum Gasteiger partial charge on any atom is -0.496 e. The Hall–Kier alpha value is -3.40. The van der Waals surface area contributed by atoms with Crippen LogP contribution < -0.4 is 19.1 Å². The van der Waals surface area contributed by atoms with Crippen molar-refractivity contribution in [3.8, 4) is 17.2 Å². The molecule has 1 heterocycles. The van der Waals surface area contributed by atoms with Crippen LogP contribution in [0.15, 0.2) is 72.8 Å². The third-order valence-electron chi connectivity index (χ3n) is 6.06. The molecule has 0 saturated carbocycles. The Morgan fingerprint density at radius 1 is 0.812 bits per heavy atom. The number of para-hydroxylation sites is 2. The second-order valence-corrected chi connectivity index (χ2v) is 8.66. The fourth-order valence-corrected chi connectivity index (χ4v) is 4.43. The predicted octanol–water partition coefficient (Wildman–Crippen LogP) is 6.48. The first-order chi connectivity index (χ1) is 15.4. The van der Waals surface area contributed by atoms with Crippen LogP contribution in [-0.2, 0) is 13.2 Å². The third-order valence-corrected chi connectivity index (χ3v) is 6.06. The SMILES string of the molecule is COc1ccccc1COc1ccc2c(c1)C(C)=CC(C)(C)N2Cc1ccccc1OC. The van der Waals surface area contributed by atoms with Gasteiger partial charge in [-0.05, 0) is 56.7 Å². The molecule has 0 spiro atoms. The van der Waals surface area contributed by atoms with Crippen LogP contribution in [0.1, 0.15) is 37.5 Å². The minimum absolute atomic E-state index is 0.127. The average molecular weight is 430 g/mol. The number of fused-ring (bicyclic) bond motifs is 1. The number of nitrogens with zero attached hydrogens (tertiary/aromatic N) is 1. The zero-order valence-electron chi connectivity index (χ0n) is 19.5. The standard InChI is InChI=1S/C28H31NO3/c1-20-17-28(2,3)29(18-21-10-6-8-12-26(21)30-4)25-15-14-23(16-24(20)25)32-19-22-11-7-9-13-27(22)31-5/h6-17H,18-19H2,1-5H3. The van der Waals surface area contributed by atoms with Gasteiger partial charge in [-0.15, -0.1) is 0 Å². The van der Waals surface area contributed by atoms with Gasteiger partial charge in [0, 0.05) is 28.9 Å². The van der Waals surface area contributed by atoms with Gasteiger partial charge in [0.25, 0.3) is 0 Å². The maximum atomic E-state index is 6.15. The zero-order valence-corrected chi connectivity index (χ0v) is 19.5. The monoisotopic (exact) mass is 429 g/mol. The highest BCUT2D eigenvalue weighted by atomic mass is 16.5. The summed E-state index contributed by atoms with van der Waals surface area (Å²) >= 11 is 0. The lowest BCUT2D eigenvalue weighted by Crippen LogP contribution is -2.44. The molecule has 1 aliphatic rings. The summed E-state index contributed by atoms with van der Waals surface area (Å²) in [7, 11) is 3.41. The second-order valence-electron chi connectivity index (χ2n) is 8.66. The highest BCUT2D eigenvalue weighted by molar-refractivity contribution is 5.82. The van der Waals surface area contributed by atoms with Crippen molar-refractivity contribution in [3.63, 3.8) is 0 Å². The Balaban J connectivity index is 1.63. The maximum Gasteiger partial charge on any atom is 0.125 e. The fourth-order valence-electron chi connectivity index (χ4n) is 4.43. The summed E-state index contributed by atoms with van der Waals surface area (Å²) in [4.78, 5) is 2.43. The third kappa shape index (κ3) is 4.31. The quantitative estimate of drug-likeness (QED) is 0.430. The van der Waals surface area contributed by atoms with Gasteiger partial charge in [0.1, 0.15) is 23.9 Å². The Kier molecular flexibility index (Phi) is 6.13. The van der Waals surface area contributed by atoms with Crippen LogP contribution in [0.4, 0.5) is 5.69 Å². The molecule has 0 radical (unpaired) electrons. The first-order valence-corrected chi connectivity index (χ1v) is 10.9. The first-order valence-electron chi connectivity index (χ1n) is 10.9. The van der Waals surface area contributed by atoms with Crippen LogP contribution in [-0.4, -0.2) is 19.8 Å². The minimum atomic E-state index is -0.127. The summed E-state index contributed by atoms with van der Waals surface area (Å²) in [6.07, 6.45) is 2.33. The van der Waals surface area contributed by atoms with Crippen molar-refractivity contribution in [2.45, 2.75) is 39.5 Å². The van der Waals surface area contributed by atoms with Gasteiger partial charge in [-0.2, -0.15) is 0 Å². The number of hydrogen-bond donors (Lipinski definition) is 0. The number of anilines is 1. The van der Waals surface area contributed by atoms with E-state index in [4.69, 9.17) is 14.2 Å². The first kappa shape index (κ1) is 21.8. The molecule has 4 rings (SSSR count). The summed E-state index contributed by atoms with van der Waals surface area (Å²) in [5.74, 6) is 2.60. The highest BCUT2D eigenvalue weighted by Gasteiger charge is 2.32. The van der Waals surface area contributed by atoms with E-state index >= 15 is 0 Å². The molecule has 0 saturated heterocycles. The molecule has 0 N–H and O–H groups in total. The molecule has 0 amide bonds. The molecule has 3 aromatic carbocycles. The zero-order chi connectivity index (χ0) is 22.7. The highest BCUT2D eigenvalue weighted by Crippen LogP contribution is 2.42. The molecule has 0 bridgehead atoms. The summed E-state index contributed by atoms with van der Waals surface area (Å²) in [5.41, 5.74) is 5.71. The molecule has 0 aromatic heterocycles. The van der Waals surface area contributed by atoms with Crippen molar-refractivity contribution in [2.75, 3.05) is 19.1 Å². The van der Waals surface area contributed by atoms with E-state index in [1.165, 1.54) is 22.4 Å². The van der Waals surface area contributed by atoms with Gasteiger partial charge in [-0.3, -0.25) is 0 Å². The van der Waals surface area contributed by atoms with Gasteiger partial charge in [-0.25, -0.2) is 0 Å². The van der Waals surface area contributed by atoms with Crippen LogP contribution in [0.25, 0.3) is 5.57 Å². The van der Waals surface area contributed by atoms with E-state index in [9.17, 15) is 0 Å². The lowest BCUT2D eigenvalue weighted by Gasteiger charge is -2.43. The summed E-state index contributed by atoms with van der Waals surface area (Å²) in [5, 5.41) is 0. The number of ether oxygens (including phenoxy) is 3. The molecule has 0 unspecified atom stereocenters. The maximum absolute atomic E-state index is 6.15. The summed E-state index contributed by atoms with van der Waals surface area (Å²) in [6.45, 7) is 7.89.